The van der Waals surface area contributed by atoms with Crippen molar-refractivity contribution in [1.82, 2.24) is 0 Å². The Kier molecular flexibility index (Phi) is 5.47. The molecule has 7 heteroatoms. The van der Waals surface area contributed by atoms with Gasteiger partial charge in [0.1, 0.15) is 25.1 Å². The highest BCUT2D eigenvalue weighted by Gasteiger charge is 2.15. The molecule has 0 heterocycles. The summed E-state index contributed by atoms with van der Waals surface area (Å²) >= 11 is 0. The van der Waals surface area contributed by atoms with Crippen LogP contribution >= 0.6 is 0 Å². The number of alkyl halides is 1. The number of ether oxygens (including phenoxy) is 1. The second-order valence-corrected chi connectivity index (χ2v) is 3.44. The summed E-state index contributed by atoms with van der Waals surface area (Å²) in [5.41, 5.74) is 8.94. The van der Waals surface area contributed by atoms with Gasteiger partial charge in [-0.15, -0.1) is 0 Å². The molecule has 18 heavy (non-hydrogen) atoms. The molecule has 0 aliphatic rings. The summed E-state index contributed by atoms with van der Waals surface area (Å²) in [6.45, 7) is -0.588. The zero-order valence-corrected chi connectivity index (χ0v) is 9.49. The lowest BCUT2D eigenvalue weighted by Crippen LogP contribution is -2.19. The number of aliphatic carboxylic acids is 1. The molecule has 0 aliphatic heterocycles. The molecule has 1 aromatic carbocycles. The smallest absolute Gasteiger partial charge is 0.312 e. The molecule has 0 saturated heterocycles. The lowest BCUT2D eigenvalue weighted by Gasteiger charge is -2.07. The SMILES string of the molecule is [N-]=[N+]=N[C@@H](Cc1ccc(OCCF)cc1)C(=O)O. The van der Waals surface area contributed by atoms with Gasteiger partial charge in [0.05, 0.1) is 0 Å². The van der Waals surface area contributed by atoms with E-state index >= 15 is 0 Å². The van der Waals surface area contributed by atoms with E-state index in [9.17, 15) is 9.18 Å². The Morgan fingerprint density at radius 3 is 2.67 bits per heavy atom. The van der Waals surface area contributed by atoms with Crippen LogP contribution in [-0.4, -0.2) is 30.4 Å². The lowest BCUT2D eigenvalue weighted by molar-refractivity contribution is -0.138. The van der Waals surface area contributed by atoms with Gasteiger partial charge in [0, 0.05) is 4.91 Å². The third-order valence-corrected chi connectivity index (χ3v) is 2.17. The Morgan fingerprint density at radius 2 is 2.17 bits per heavy atom. The number of halogens is 1. The second-order valence-electron chi connectivity index (χ2n) is 3.44. The standard InChI is InChI=1S/C11H12FN3O3/c12-5-6-18-9-3-1-8(2-4-9)7-10(11(16)17)14-15-13/h1-4,10H,5-7H2,(H,16,17)/t10-/m0/s1. The molecule has 0 bridgehead atoms. The van der Waals surface area contributed by atoms with Crippen LogP contribution in [0.15, 0.2) is 29.4 Å². The molecular formula is C11H12FN3O3. The highest BCUT2D eigenvalue weighted by Crippen LogP contribution is 2.14. The van der Waals surface area contributed by atoms with Crippen LogP contribution in [0.3, 0.4) is 0 Å². The molecule has 1 aromatic rings. The number of benzene rings is 1. The topological polar surface area (TPSA) is 95.3 Å². The van der Waals surface area contributed by atoms with Crippen LogP contribution in [-0.2, 0) is 11.2 Å². The maximum atomic E-state index is 11.9. The average molecular weight is 253 g/mol. The van der Waals surface area contributed by atoms with Gasteiger partial charge in [0.25, 0.3) is 0 Å². The Labute approximate surface area is 103 Å². The number of carbonyl (C=O) groups is 1. The predicted octanol–water partition coefficient (Wildman–Crippen LogP) is 2.34. The zero-order valence-electron chi connectivity index (χ0n) is 9.49. The molecule has 0 fully saturated rings. The minimum Gasteiger partial charge on any atom is -0.491 e. The first-order chi connectivity index (χ1) is 8.67. The Balaban J connectivity index is 2.67. The summed E-state index contributed by atoms with van der Waals surface area (Å²) in [5, 5.41) is 12.0. The van der Waals surface area contributed by atoms with E-state index in [1.54, 1.807) is 24.3 Å². The van der Waals surface area contributed by atoms with Crippen molar-refractivity contribution in [2.45, 2.75) is 12.5 Å². The second kappa shape index (κ2) is 7.13. The van der Waals surface area contributed by atoms with E-state index in [0.29, 0.717) is 11.3 Å². The minimum atomic E-state index is -1.18. The van der Waals surface area contributed by atoms with Crippen LogP contribution in [0.1, 0.15) is 5.56 Å². The third kappa shape index (κ3) is 4.31. The quantitative estimate of drug-likeness (QED) is 0.459. The van der Waals surface area contributed by atoms with Gasteiger partial charge in [-0.2, -0.15) is 0 Å². The number of hydrogen-bond acceptors (Lipinski definition) is 3. The van der Waals surface area contributed by atoms with Crippen LogP contribution in [0.2, 0.25) is 0 Å². The summed E-state index contributed by atoms with van der Waals surface area (Å²) < 4.78 is 16.9. The first kappa shape index (κ1) is 13.8. The molecular weight excluding hydrogens is 241 g/mol. The van der Waals surface area contributed by atoms with Gasteiger partial charge >= 0.3 is 5.97 Å². The fourth-order valence-corrected chi connectivity index (χ4v) is 1.34. The molecule has 0 unspecified atom stereocenters. The largest absolute Gasteiger partial charge is 0.491 e. The van der Waals surface area contributed by atoms with Crippen LogP contribution in [0.25, 0.3) is 10.4 Å². The predicted molar refractivity (Wildman–Crippen MR) is 62.2 cm³/mol. The number of nitrogens with zero attached hydrogens (tertiary/aromatic N) is 3. The van der Waals surface area contributed by atoms with Gasteiger partial charge in [0.15, 0.2) is 0 Å². The summed E-state index contributed by atoms with van der Waals surface area (Å²) in [6, 6.07) is 5.39. The van der Waals surface area contributed by atoms with E-state index < -0.39 is 18.7 Å². The Morgan fingerprint density at radius 1 is 1.50 bits per heavy atom. The molecule has 0 saturated carbocycles. The normalized spacial score (nSPS) is 11.4. The van der Waals surface area contributed by atoms with Crippen molar-refractivity contribution in [3.05, 3.63) is 40.3 Å². The highest BCUT2D eigenvalue weighted by molar-refractivity contribution is 5.74. The summed E-state index contributed by atoms with van der Waals surface area (Å²) in [5.74, 6) is -0.669. The number of carboxylic acids is 1. The first-order valence-electron chi connectivity index (χ1n) is 5.22. The molecule has 0 aromatic heterocycles. The molecule has 0 aliphatic carbocycles. The summed E-state index contributed by atoms with van der Waals surface area (Å²) in [7, 11) is 0. The van der Waals surface area contributed by atoms with E-state index in [1.807, 2.05) is 0 Å². The Bertz CT molecular complexity index is 441. The molecule has 6 nitrogen and oxygen atoms in total. The van der Waals surface area contributed by atoms with Gasteiger partial charge in [-0.25, -0.2) is 4.39 Å². The Hall–Kier alpha value is -2.27. The number of carboxylic acid groups (broad SMARTS) is 1. The van der Waals surface area contributed by atoms with Crippen molar-refractivity contribution in [2.24, 2.45) is 5.11 Å². The van der Waals surface area contributed by atoms with Gasteiger partial charge in [-0.3, -0.25) is 4.79 Å². The van der Waals surface area contributed by atoms with Crippen LogP contribution in [0.5, 0.6) is 5.75 Å². The minimum absolute atomic E-state index is 0.0180. The summed E-state index contributed by atoms with van der Waals surface area (Å²) in [4.78, 5) is 13.3. The fraction of sp³-hybridized carbons (Fsp3) is 0.364. The zero-order chi connectivity index (χ0) is 13.4. The van der Waals surface area contributed by atoms with Crippen molar-refractivity contribution in [3.8, 4) is 5.75 Å². The van der Waals surface area contributed by atoms with Crippen molar-refractivity contribution < 1.29 is 19.0 Å². The van der Waals surface area contributed by atoms with E-state index in [-0.39, 0.29) is 13.0 Å². The maximum absolute atomic E-state index is 11.9. The molecule has 96 valence electrons. The van der Waals surface area contributed by atoms with Crippen molar-refractivity contribution in [1.29, 1.82) is 0 Å². The van der Waals surface area contributed by atoms with E-state index in [1.165, 1.54) is 0 Å². The van der Waals surface area contributed by atoms with Gasteiger partial charge in [-0.1, -0.05) is 17.2 Å². The van der Waals surface area contributed by atoms with Gasteiger partial charge in [0.2, 0.25) is 0 Å². The molecule has 1 atom stereocenters. The van der Waals surface area contributed by atoms with Crippen molar-refractivity contribution in [2.75, 3.05) is 13.3 Å². The molecule has 0 radical (unpaired) electrons. The fourth-order valence-electron chi connectivity index (χ4n) is 1.34. The number of rotatable bonds is 7. The number of azide groups is 1. The average Bonchev–Trinajstić information content (AvgIpc) is 2.37. The molecule has 1 rings (SSSR count). The molecule has 0 spiro atoms. The van der Waals surface area contributed by atoms with E-state index in [0.717, 1.165) is 0 Å². The summed E-state index contributed by atoms with van der Waals surface area (Å²) in [6.07, 6.45) is 0.1000. The third-order valence-electron chi connectivity index (χ3n) is 2.17. The molecule has 1 N–H and O–H groups in total. The van der Waals surface area contributed by atoms with Gasteiger partial charge < -0.3 is 9.84 Å². The highest BCUT2D eigenvalue weighted by atomic mass is 19.1. The van der Waals surface area contributed by atoms with Crippen molar-refractivity contribution in [3.63, 3.8) is 0 Å². The van der Waals surface area contributed by atoms with Gasteiger partial charge in [-0.05, 0) is 29.6 Å². The monoisotopic (exact) mass is 253 g/mol. The van der Waals surface area contributed by atoms with E-state index in [4.69, 9.17) is 15.4 Å². The van der Waals surface area contributed by atoms with E-state index in [2.05, 4.69) is 10.0 Å². The van der Waals surface area contributed by atoms with Crippen LogP contribution in [0.4, 0.5) is 4.39 Å². The maximum Gasteiger partial charge on any atom is 0.312 e. The van der Waals surface area contributed by atoms with Crippen LogP contribution in [0, 0.1) is 0 Å². The molecule has 0 amide bonds. The first-order valence-corrected chi connectivity index (χ1v) is 5.22. The van der Waals surface area contributed by atoms with Crippen LogP contribution < -0.4 is 4.74 Å². The lowest BCUT2D eigenvalue weighted by atomic mass is 10.1. The van der Waals surface area contributed by atoms with Crippen molar-refractivity contribution >= 4 is 5.97 Å². The number of hydrogen-bond donors (Lipinski definition) is 1.